The number of aliphatic hydroxyl groups is 1. The van der Waals surface area contributed by atoms with Gasteiger partial charge in [-0.1, -0.05) is 126 Å². The summed E-state index contributed by atoms with van der Waals surface area (Å²) in [7, 11) is -1.28. The lowest BCUT2D eigenvalue weighted by atomic mass is 9.76. The highest BCUT2D eigenvalue weighted by atomic mass is 32.2. The number of nitrogens with zero attached hydrogens (tertiary/aromatic N) is 2. The lowest BCUT2D eigenvalue weighted by molar-refractivity contribution is -0.141. The van der Waals surface area contributed by atoms with Gasteiger partial charge in [0.15, 0.2) is 0 Å². The van der Waals surface area contributed by atoms with Gasteiger partial charge in [-0.15, -0.1) is 0 Å². The number of hydrogen-bond donors (Lipinski definition) is 9. The molecule has 9 amide bonds. The number of carbonyl (C=O) groups excluding carboxylic acids is 8. The first kappa shape index (κ1) is 72.6. The summed E-state index contributed by atoms with van der Waals surface area (Å²) in [5.74, 6) is -4.50. The van der Waals surface area contributed by atoms with Crippen LogP contribution in [0.1, 0.15) is 139 Å². The monoisotopic (exact) mass is 1210 g/mol. The summed E-state index contributed by atoms with van der Waals surface area (Å²) in [5.41, 5.74) is 4.34. The predicted molar refractivity (Wildman–Crippen MR) is 329 cm³/mol. The fraction of sp³-hybridized carbons (Fsp3) is 0.613. The maximum Gasteiger partial charge on any atom is 0.312 e. The zero-order chi connectivity index (χ0) is 64.7. The number of primary amides is 1. The third kappa shape index (κ3) is 20.5. The summed E-state index contributed by atoms with van der Waals surface area (Å²) in [6.45, 7) is 29.5. The number of aliphatic hydroxyl groups excluding tert-OH is 1. The van der Waals surface area contributed by atoms with Crippen LogP contribution in [0, 0.1) is 41.9 Å². The Morgan fingerprint density at radius 3 is 1.99 bits per heavy atom. The van der Waals surface area contributed by atoms with E-state index in [9.17, 15) is 51.9 Å². The SMILES string of the molecule is CCC(C)(COCC(C)(C)CC(=O)N[C@H](C(=O)N[C@@H](CCCNC(N)=O)C(=O)Nc1ccc(S(=O)(=O)NC(=O)/C(C)=C/[C@H](C(C)C)N(C)C(=O)[C@@H](NC(=O)[C@@H](NC)C(C)(C)c2ccccc2)C(C)(C)C)c(C)c1C)C(C)C)CN1C(=O)C=CC1O. The summed E-state index contributed by atoms with van der Waals surface area (Å²) in [6.07, 6.45) is 4.12. The van der Waals surface area contributed by atoms with Crippen LogP contribution >= 0.6 is 0 Å². The van der Waals surface area contributed by atoms with E-state index in [0.29, 0.717) is 12.0 Å². The third-order valence-electron chi connectivity index (χ3n) is 15.8. The molecule has 474 valence electrons. The molecule has 1 aliphatic rings. The molecule has 0 saturated heterocycles. The van der Waals surface area contributed by atoms with Crippen molar-refractivity contribution >= 4 is 63.1 Å². The number of sulfonamides is 1. The molecule has 3 rings (SSSR count). The third-order valence-corrected chi connectivity index (χ3v) is 17.3. The molecule has 7 atom stereocenters. The zero-order valence-electron chi connectivity index (χ0n) is 53.4. The molecule has 10 N–H and O–H groups in total. The summed E-state index contributed by atoms with van der Waals surface area (Å²) in [4.78, 5) is 111. The van der Waals surface area contributed by atoms with Crippen molar-refractivity contribution in [2.45, 2.75) is 183 Å². The van der Waals surface area contributed by atoms with Crippen LogP contribution in [0.5, 0.6) is 0 Å². The molecule has 2 aromatic carbocycles. The van der Waals surface area contributed by atoms with Crippen LogP contribution in [0.2, 0.25) is 0 Å². The Morgan fingerprint density at radius 1 is 0.835 bits per heavy atom. The number of anilines is 1. The highest BCUT2D eigenvalue weighted by Crippen LogP contribution is 2.32. The van der Waals surface area contributed by atoms with Gasteiger partial charge in [0.25, 0.3) is 15.9 Å². The molecule has 1 heterocycles. The quantitative estimate of drug-likeness (QED) is 0.0346. The number of benzene rings is 2. The van der Waals surface area contributed by atoms with E-state index >= 15 is 0 Å². The molecule has 0 bridgehead atoms. The van der Waals surface area contributed by atoms with Crippen LogP contribution < -0.4 is 42.4 Å². The van der Waals surface area contributed by atoms with Gasteiger partial charge in [0.05, 0.1) is 30.2 Å². The van der Waals surface area contributed by atoms with Gasteiger partial charge < -0.3 is 57.3 Å². The largest absolute Gasteiger partial charge is 0.380 e. The lowest BCUT2D eigenvalue weighted by Gasteiger charge is -2.40. The van der Waals surface area contributed by atoms with Crippen molar-refractivity contribution in [1.29, 1.82) is 0 Å². The fourth-order valence-corrected chi connectivity index (χ4v) is 11.4. The number of carbonyl (C=O) groups is 8. The number of likely N-dealkylation sites (N-methyl/N-ethyl adjacent to an activating group) is 2. The molecule has 2 aromatic rings. The van der Waals surface area contributed by atoms with Gasteiger partial charge in [0, 0.05) is 54.7 Å². The van der Waals surface area contributed by atoms with Crippen LogP contribution in [0.4, 0.5) is 10.5 Å². The minimum Gasteiger partial charge on any atom is -0.380 e. The molecular weight excluding hydrogens is 1110 g/mol. The fourth-order valence-electron chi connectivity index (χ4n) is 10.1. The van der Waals surface area contributed by atoms with E-state index in [1.54, 1.807) is 34.9 Å². The van der Waals surface area contributed by atoms with Crippen LogP contribution in [-0.2, 0) is 53.7 Å². The van der Waals surface area contributed by atoms with E-state index in [1.165, 1.54) is 54.0 Å². The van der Waals surface area contributed by atoms with E-state index in [4.69, 9.17) is 10.5 Å². The normalized spacial score (nSPS) is 16.6. The number of amides is 9. The molecule has 0 radical (unpaired) electrons. The molecular formula is C62H98N10O12S. The summed E-state index contributed by atoms with van der Waals surface area (Å²) < 4.78 is 36.3. The highest BCUT2D eigenvalue weighted by Gasteiger charge is 2.42. The Hall–Kier alpha value is -6.69. The Bertz CT molecular complexity index is 2880. The van der Waals surface area contributed by atoms with Gasteiger partial charge in [-0.3, -0.25) is 33.6 Å². The molecule has 1 aliphatic heterocycles. The van der Waals surface area contributed by atoms with Crippen LogP contribution in [-0.4, -0.2) is 148 Å². The zero-order valence-corrected chi connectivity index (χ0v) is 54.2. The molecule has 23 heteroatoms. The maximum atomic E-state index is 14.5. The summed E-state index contributed by atoms with van der Waals surface area (Å²) in [5, 5.41) is 27.2. The van der Waals surface area contributed by atoms with Crippen molar-refractivity contribution in [2.24, 2.45) is 33.8 Å². The van der Waals surface area contributed by atoms with Gasteiger partial charge in [-0.25, -0.2) is 17.9 Å². The van der Waals surface area contributed by atoms with Crippen molar-refractivity contribution in [3.05, 3.63) is 83.0 Å². The van der Waals surface area contributed by atoms with Crippen LogP contribution in [0.15, 0.2) is 71.2 Å². The maximum absolute atomic E-state index is 14.5. The Balaban J connectivity index is 1.79. The first-order valence-corrected chi connectivity index (χ1v) is 30.6. The number of urea groups is 1. The molecule has 0 aromatic heterocycles. The second-order valence-electron chi connectivity index (χ2n) is 26.0. The van der Waals surface area contributed by atoms with Gasteiger partial charge in [0.1, 0.15) is 24.4 Å². The van der Waals surface area contributed by atoms with Crippen LogP contribution in [0.25, 0.3) is 0 Å². The number of ether oxygens (including phenoxy) is 1. The molecule has 22 nitrogen and oxygen atoms in total. The number of hydrogen-bond acceptors (Lipinski definition) is 13. The minimum atomic E-state index is -4.55. The summed E-state index contributed by atoms with van der Waals surface area (Å²) in [6, 6.07) is 6.68. The topological polar surface area (TPSA) is 317 Å². The Labute approximate surface area is 504 Å². The Morgan fingerprint density at radius 2 is 1.46 bits per heavy atom. The van der Waals surface area contributed by atoms with E-state index < -0.39 is 110 Å². The smallest absolute Gasteiger partial charge is 0.312 e. The van der Waals surface area contributed by atoms with Gasteiger partial charge in [-0.2, -0.15) is 0 Å². The van der Waals surface area contributed by atoms with E-state index in [2.05, 4.69) is 36.6 Å². The molecule has 0 aliphatic carbocycles. The number of nitrogens with one attached hydrogen (secondary N) is 7. The number of nitrogens with two attached hydrogens (primary N) is 1. The van der Waals surface area contributed by atoms with Crippen LogP contribution in [0.3, 0.4) is 0 Å². The second kappa shape index (κ2) is 30.6. The molecule has 0 fully saturated rings. The standard InChI is InChI=1S/C62H98N10O12S/c1-19-62(16,34-72-48(74)29-30-49(72)75)36-84-35-60(12,13)33-47(73)68-50(38(4)5)55(78)67-44(26-23-31-65-58(63)81)54(77)66-43-27-28-46(41(8)40(43)7)85(82,83)70-53(76)39(6)32-45(37(2)3)71(18)57(80)52(59(9,10)11)69-56(79)51(64-17)61(14,15)42-24-21-20-22-25-42/h20-22,24-25,27-30,32,37-38,44-45,48,50-52,64,74H,19,23,26,31,33-36H2,1-18H3,(H,66,77)(H,67,78)(H,68,73)(H,69,79)(H,70,76)(H3,63,65,81)/b39-32+/t44-,45+,48?,50-,51+,52+,62?/m0/s1. The van der Waals surface area contributed by atoms with E-state index in [1.807, 2.05) is 106 Å². The van der Waals surface area contributed by atoms with Gasteiger partial charge in [0.2, 0.25) is 35.4 Å². The first-order valence-electron chi connectivity index (χ1n) is 29.1. The predicted octanol–water partition coefficient (Wildman–Crippen LogP) is 5.21. The van der Waals surface area contributed by atoms with Crippen molar-refractivity contribution in [3.8, 4) is 0 Å². The van der Waals surface area contributed by atoms with Crippen molar-refractivity contribution in [1.82, 2.24) is 41.1 Å². The molecule has 85 heavy (non-hydrogen) atoms. The van der Waals surface area contributed by atoms with Crippen molar-refractivity contribution < 1.29 is 56.6 Å². The number of rotatable bonds is 31. The van der Waals surface area contributed by atoms with E-state index in [0.717, 1.165) is 5.56 Å². The second-order valence-corrected chi connectivity index (χ2v) is 27.6. The molecule has 2 unspecified atom stereocenters. The van der Waals surface area contributed by atoms with E-state index in [-0.39, 0.29) is 85.0 Å². The lowest BCUT2D eigenvalue weighted by Crippen LogP contribution is -2.61. The van der Waals surface area contributed by atoms with Gasteiger partial charge in [-0.05, 0) is 105 Å². The Kier molecular flexibility index (Phi) is 26.1. The molecule has 0 spiro atoms. The average molecular weight is 1210 g/mol. The highest BCUT2D eigenvalue weighted by molar-refractivity contribution is 7.90. The average Bonchev–Trinajstić information content (AvgIpc) is 2.36. The summed E-state index contributed by atoms with van der Waals surface area (Å²) >= 11 is 0. The van der Waals surface area contributed by atoms with Gasteiger partial charge >= 0.3 is 6.03 Å². The molecule has 0 saturated carbocycles. The van der Waals surface area contributed by atoms with Crippen molar-refractivity contribution in [2.75, 3.05) is 45.7 Å². The first-order chi connectivity index (χ1) is 39.2. The minimum absolute atomic E-state index is 0.00433. The van der Waals surface area contributed by atoms with Crippen molar-refractivity contribution in [3.63, 3.8) is 0 Å².